The molecule has 0 amide bonds. The molecule has 1 aromatic carbocycles. The van der Waals surface area contributed by atoms with Crippen LogP contribution in [-0.4, -0.2) is 9.97 Å². The Morgan fingerprint density at radius 2 is 1.89 bits per heavy atom. The number of hydrogen-bond donors (Lipinski definition) is 2. The molecule has 3 rings (SSSR count). The Kier molecular flexibility index (Phi) is 2.83. The van der Waals surface area contributed by atoms with Gasteiger partial charge in [0.25, 0.3) is 5.56 Å². The molecular formula is C13H9FN2OS2. The van der Waals surface area contributed by atoms with Crippen LogP contribution in [0.1, 0.15) is 4.88 Å². The molecule has 0 unspecified atom stereocenters. The lowest BCUT2D eigenvalue weighted by Gasteiger charge is -2.01. The maximum Gasteiger partial charge on any atom is 0.261 e. The fraction of sp³-hybridized carbons (Fsp3) is 0.0769. The summed E-state index contributed by atoms with van der Waals surface area (Å²) in [6, 6.07) is 6.12. The van der Waals surface area contributed by atoms with Gasteiger partial charge in [-0.1, -0.05) is 12.1 Å². The highest BCUT2D eigenvalue weighted by Gasteiger charge is 2.14. The van der Waals surface area contributed by atoms with Gasteiger partial charge in [-0.2, -0.15) is 0 Å². The smallest absolute Gasteiger partial charge is 0.261 e. The number of hydrogen-bond acceptors (Lipinski definition) is 3. The standard InChI is InChI=1S/C13H9FN2OS2/c1-6-9(7-2-4-8(14)5-3-7)10-11(17)15-13(18)16-12(10)19-6/h2-5H,1H3,(H2,15,16,17,18). The minimum Gasteiger partial charge on any atom is -0.323 e. The van der Waals surface area contributed by atoms with Gasteiger partial charge in [-0.05, 0) is 36.8 Å². The first-order valence-corrected chi connectivity index (χ1v) is 6.80. The lowest BCUT2D eigenvalue weighted by Crippen LogP contribution is -2.07. The van der Waals surface area contributed by atoms with Crippen molar-refractivity contribution in [2.75, 3.05) is 0 Å². The molecule has 2 aromatic heterocycles. The highest BCUT2D eigenvalue weighted by molar-refractivity contribution is 7.71. The largest absolute Gasteiger partial charge is 0.323 e. The molecule has 96 valence electrons. The molecule has 0 bridgehead atoms. The third-order valence-electron chi connectivity index (χ3n) is 2.90. The average Bonchev–Trinajstić information content (AvgIpc) is 2.66. The Morgan fingerprint density at radius 3 is 2.58 bits per heavy atom. The summed E-state index contributed by atoms with van der Waals surface area (Å²) in [5.74, 6) is -0.297. The highest BCUT2D eigenvalue weighted by atomic mass is 32.1. The number of halogens is 1. The van der Waals surface area contributed by atoms with Crippen LogP contribution in [0, 0.1) is 17.5 Å². The van der Waals surface area contributed by atoms with Crippen molar-refractivity contribution >= 4 is 33.8 Å². The summed E-state index contributed by atoms with van der Waals surface area (Å²) in [4.78, 5) is 19.4. The Hall–Kier alpha value is -1.79. The number of fused-ring (bicyclic) bond motifs is 1. The Labute approximate surface area is 116 Å². The number of thiophene rings is 1. The van der Waals surface area contributed by atoms with Gasteiger partial charge in [0.2, 0.25) is 0 Å². The molecule has 2 N–H and O–H groups in total. The van der Waals surface area contributed by atoms with Crippen LogP contribution in [-0.2, 0) is 0 Å². The number of benzene rings is 1. The predicted octanol–water partition coefficient (Wildman–Crippen LogP) is 3.76. The van der Waals surface area contributed by atoms with E-state index in [-0.39, 0.29) is 11.4 Å². The van der Waals surface area contributed by atoms with Crippen molar-refractivity contribution in [3.8, 4) is 11.1 Å². The monoisotopic (exact) mass is 292 g/mol. The zero-order valence-electron chi connectivity index (χ0n) is 9.91. The molecule has 0 atom stereocenters. The van der Waals surface area contributed by atoms with Crippen molar-refractivity contribution in [2.45, 2.75) is 6.92 Å². The van der Waals surface area contributed by atoms with E-state index in [9.17, 15) is 9.18 Å². The molecule has 0 radical (unpaired) electrons. The molecule has 0 saturated heterocycles. The Bertz CT molecular complexity index is 874. The van der Waals surface area contributed by atoms with E-state index < -0.39 is 0 Å². The fourth-order valence-corrected chi connectivity index (χ4v) is 3.45. The molecule has 0 aliphatic rings. The summed E-state index contributed by atoms with van der Waals surface area (Å²) in [5.41, 5.74) is 1.43. The second kappa shape index (κ2) is 4.40. The van der Waals surface area contributed by atoms with Gasteiger partial charge in [-0.25, -0.2) is 4.39 Å². The first kappa shape index (κ1) is 12.3. The summed E-state index contributed by atoms with van der Waals surface area (Å²) in [6.07, 6.45) is 0. The predicted molar refractivity (Wildman–Crippen MR) is 77.8 cm³/mol. The van der Waals surface area contributed by atoms with Gasteiger partial charge >= 0.3 is 0 Å². The van der Waals surface area contributed by atoms with E-state index >= 15 is 0 Å². The lowest BCUT2D eigenvalue weighted by molar-refractivity contribution is 0.628. The molecule has 19 heavy (non-hydrogen) atoms. The first-order valence-electron chi connectivity index (χ1n) is 5.58. The van der Waals surface area contributed by atoms with Gasteiger partial charge in [0, 0.05) is 10.4 Å². The van der Waals surface area contributed by atoms with Crippen LogP contribution in [0.4, 0.5) is 4.39 Å². The number of aryl methyl sites for hydroxylation is 1. The molecule has 2 heterocycles. The maximum atomic E-state index is 13.0. The van der Waals surface area contributed by atoms with E-state index in [0.29, 0.717) is 10.2 Å². The first-order chi connectivity index (χ1) is 9.06. The number of H-pyrrole nitrogens is 2. The zero-order valence-corrected chi connectivity index (χ0v) is 11.5. The third-order valence-corrected chi connectivity index (χ3v) is 4.12. The van der Waals surface area contributed by atoms with E-state index in [2.05, 4.69) is 9.97 Å². The lowest BCUT2D eigenvalue weighted by atomic mass is 10.0. The van der Waals surface area contributed by atoms with Gasteiger partial charge in [0.05, 0.1) is 5.39 Å². The molecular weight excluding hydrogens is 283 g/mol. The van der Waals surface area contributed by atoms with Crippen LogP contribution in [0.5, 0.6) is 0 Å². The summed E-state index contributed by atoms with van der Waals surface area (Å²) < 4.78 is 13.3. The minimum absolute atomic E-state index is 0.220. The van der Waals surface area contributed by atoms with Gasteiger partial charge in [-0.15, -0.1) is 11.3 Å². The topological polar surface area (TPSA) is 48.6 Å². The van der Waals surface area contributed by atoms with Gasteiger partial charge in [0.15, 0.2) is 4.77 Å². The molecule has 0 aliphatic heterocycles. The van der Waals surface area contributed by atoms with Crippen molar-refractivity contribution in [1.82, 2.24) is 9.97 Å². The fourth-order valence-electron chi connectivity index (χ4n) is 2.11. The van der Waals surface area contributed by atoms with E-state index in [1.165, 1.54) is 23.5 Å². The number of rotatable bonds is 1. The second-order valence-electron chi connectivity index (χ2n) is 4.15. The molecule has 0 spiro atoms. The molecule has 3 aromatic rings. The molecule has 0 fully saturated rings. The molecule has 3 nitrogen and oxygen atoms in total. The van der Waals surface area contributed by atoms with Gasteiger partial charge < -0.3 is 4.98 Å². The van der Waals surface area contributed by atoms with Gasteiger partial charge in [0.1, 0.15) is 10.6 Å². The van der Waals surface area contributed by atoms with Crippen LogP contribution in [0.15, 0.2) is 29.1 Å². The third kappa shape index (κ3) is 2.02. The maximum absolute atomic E-state index is 13.0. The van der Waals surface area contributed by atoms with Crippen molar-refractivity contribution in [2.24, 2.45) is 0 Å². The minimum atomic E-state index is -0.297. The SMILES string of the molecule is Cc1sc2[nH]c(=S)[nH]c(=O)c2c1-c1ccc(F)cc1. The average molecular weight is 292 g/mol. The van der Waals surface area contributed by atoms with Crippen LogP contribution in [0.2, 0.25) is 0 Å². The van der Waals surface area contributed by atoms with Crippen LogP contribution < -0.4 is 5.56 Å². The van der Waals surface area contributed by atoms with E-state index in [4.69, 9.17) is 12.2 Å². The quantitative estimate of drug-likeness (QED) is 0.671. The van der Waals surface area contributed by atoms with Crippen LogP contribution >= 0.6 is 23.6 Å². The normalized spacial score (nSPS) is 11.1. The van der Waals surface area contributed by atoms with Crippen LogP contribution in [0.25, 0.3) is 21.3 Å². The summed E-state index contributed by atoms with van der Waals surface area (Å²) >= 11 is 6.43. The van der Waals surface area contributed by atoms with Crippen molar-refractivity contribution in [1.29, 1.82) is 0 Å². The number of aromatic nitrogens is 2. The highest BCUT2D eigenvalue weighted by Crippen LogP contribution is 2.35. The van der Waals surface area contributed by atoms with E-state index in [1.807, 2.05) is 6.92 Å². The zero-order chi connectivity index (χ0) is 13.6. The van der Waals surface area contributed by atoms with Gasteiger partial charge in [-0.3, -0.25) is 9.78 Å². The van der Waals surface area contributed by atoms with Crippen molar-refractivity contribution in [3.63, 3.8) is 0 Å². The summed E-state index contributed by atoms with van der Waals surface area (Å²) in [7, 11) is 0. The van der Waals surface area contributed by atoms with Crippen molar-refractivity contribution < 1.29 is 4.39 Å². The molecule has 0 saturated carbocycles. The molecule has 6 heteroatoms. The van der Waals surface area contributed by atoms with E-state index in [1.54, 1.807) is 12.1 Å². The van der Waals surface area contributed by atoms with E-state index in [0.717, 1.165) is 20.8 Å². The van der Waals surface area contributed by atoms with Crippen LogP contribution in [0.3, 0.4) is 0 Å². The molecule has 0 aliphatic carbocycles. The van der Waals surface area contributed by atoms with Crippen molar-refractivity contribution in [3.05, 3.63) is 50.1 Å². The Balaban J connectivity index is 2.41. The summed E-state index contributed by atoms with van der Waals surface area (Å²) in [6.45, 7) is 1.93. The second-order valence-corrected chi connectivity index (χ2v) is 5.79. The Morgan fingerprint density at radius 1 is 1.21 bits per heavy atom. The summed E-state index contributed by atoms with van der Waals surface area (Å²) in [5, 5.41) is 0.572. The number of nitrogens with one attached hydrogen (secondary N) is 2. The number of aromatic amines is 2.